The van der Waals surface area contributed by atoms with Crippen LogP contribution in [-0.2, 0) is 4.79 Å². The first-order chi connectivity index (χ1) is 7.33. The van der Waals surface area contributed by atoms with E-state index in [1.165, 1.54) is 0 Å². The summed E-state index contributed by atoms with van der Waals surface area (Å²) in [5, 5.41) is 9.02. The van der Waals surface area contributed by atoms with E-state index >= 15 is 0 Å². The highest BCUT2D eigenvalue weighted by atomic mass is 16.3. The lowest BCUT2D eigenvalue weighted by molar-refractivity contribution is -0.119. The van der Waals surface area contributed by atoms with Crippen molar-refractivity contribution in [3.05, 3.63) is 30.3 Å². The molecule has 3 nitrogen and oxygen atoms in total. The number of benzene rings is 1. The zero-order valence-corrected chi connectivity index (χ0v) is 8.34. The Morgan fingerprint density at radius 1 is 1.33 bits per heavy atom. The number of hydrogen-bond acceptors (Lipinski definition) is 2. The van der Waals surface area contributed by atoms with Crippen molar-refractivity contribution in [2.24, 2.45) is 17.8 Å². The topological polar surface area (TPSA) is 40.5 Å². The highest BCUT2D eigenvalue weighted by Crippen LogP contribution is 2.52. The molecule has 78 valence electrons. The van der Waals surface area contributed by atoms with Gasteiger partial charge in [0.15, 0.2) is 0 Å². The van der Waals surface area contributed by atoms with Crippen LogP contribution in [0.5, 0.6) is 0 Å². The minimum absolute atomic E-state index is 0.0928. The standard InChI is InChI=1S/C12H13NO2/c14-7-10-9-6-13(12(15)11(9)10)8-4-2-1-3-5-8/h1-5,9-11,14H,6-7H2/t9-,10-,11-/m1/s1. The zero-order chi connectivity index (χ0) is 10.4. The maximum Gasteiger partial charge on any atom is 0.230 e. The van der Waals surface area contributed by atoms with Gasteiger partial charge in [-0.1, -0.05) is 18.2 Å². The van der Waals surface area contributed by atoms with Crippen molar-refractivity contribution in [3.8, 4) is 0 Å². The third-order valence-corrected chi connectivity index (χ3v) is 3.55. The summed E-state index contributed by atoms with van der Waals surface area (Å²) in [4.78, 5) is 13.8. The first kappa shape index (κ1) is 8.92. The highest BCUT2D eigenvalue weighted by molar-refractivity contribution is 6.00. The van der Waals surface area contributed by atoms with Gasteiger partial charge in [0.1, 0.15) is 0 Å². The van der Waals surface area contributed by atoms with E-state index in [2.05, 4.69) is 0 Å². The summed E-state index contributed by atoms with van der Waals surface area (Å²) in [6.07, 6.45) is 0. The molecule has 2 fully saturated rings. The number of nitrogens with zero attached hydrogens (tertiary/aromatic N) is 1. The van der Waals surface area contributed by atoms with Crippen molar-refractivity contribution >= 4 is 11.6 Å². The van der Waals surface area contributed by atoms with E-state index in [-0.39, 0.29) is 24.3 Å². The Labute approximate surface area is 88.3 Å². The summed E-state index contributed by atoms with van der Waals surface area (Å²) in [5.41, 5.74) is 0.978. The molecule has 0 aromatic heterocycles. The number of aliphatic hydroxyl groups excluding tert-OH is 1. The van der Waals surface area contributed by atoms with Crippen molar-refractivity contribution < 1.29 is 9.90 Å². The lowest BCUT2D eigenvalue weighted by Crippen LogP contribution is -2.30. The number of hydrogen-bond donors (Lipinski definition) is 1. The van der Waals surface area contributed by atoms with Crippen molar-refractivity contribution in [3.63, 3.8) is 0 Å². The van der Waals surface area contributed by atoms with E-state index in [9.17, 15) is 4.79 Å². The van der Waals surface area contributed by atoms with Crippen molar-refractivity contribution in [2.45, 2.75) is 0 Å². The lowest BCUT2D eigenvalue weighted by Gasteiger charge is -2.19. The number of fused-ring (bicyclic) bond motifs is 1. The number of para-hydroxylation sites is 1. The van der Waals surface area contributed by atoms with E-state index < -0.39 is 0 Å². The molecule has 1 N–H and O–H groups in total. The molecule has 1 saturated heterocycles. The smallest absolute Gasteiger partial charge is 0.230 e. The van der Waals surface area contributed by atoms with Gasteiger partial charge in [0.05, 0.1) is 0 Å². The Bertz CT molecular complexity index is 390. The van der Waals surface area contributed by atoms with Crippen molar-refractivity contribution in [2.75, 3.05) is 18.1 Å². The maximum absolute atomic E-state index is 11.9. The van der Waals surface area contributed by atoms with Gasteiger partial charge in [-0.3, -0.25) is 4.79 Å². The van der Waals surface area contributed by atoms with Crippen LogP contribution in [0.25, 0.3) is 0 Å². The first-order valence-electron chi connectivity index (χ1n) is 5.30. The highest BCUT2D eigenvalue weighted by Gasteiger charge is 2.61. The molecule has 1 aromatic carbocycles. The van der Waals surface area contributed by atoms with E-state index in [1.54, 1.807) is 0 Å². The van der Waals surface area contributed by atoms with Crippen LogP contribution in [0.15, 0.2) is 30.3 Å². The minimum Gasteiger partial charge on any atom is -0.396 e. The molecule has 1 saturated carbocycles. The molecule has 0 unspecified atom stereocenters. The SMILES string of the molecule is O=C1[C@H]2[C@H](CO)[C@H]2CN1c1ccccc1. The van der Waals surface area contributed by atoms with Gasteiger partial charge in [-0.15, -0.1) is 0 Å². The van der Waals surface area contributed by atoms with Crippen molar-refractivity contribution in [1.82, 2.24) is 0 Å². The minimum atomic E-state index is 0.0928. The number of anilines is 1. The van der Waals surface area contributed by atoms with Crippen LogP contribution in [0.1, 0.15) is 0 Å². The lowest BCUT2D eigenvalue weighted by atomic mass is 10.2. The van der Waals surface area contributed by atoms with E-state index in [4.69, 9.17) is 5.11 Å². The Morgan fingerprint density at radius 3 is 2.60 bits per heavy atom. The van der Waals surface area contributed by atoms with Crippen LogP contribution in [0.3, 0.4) is 0 Å². The molecular weight excluding hydrogens is 190 g/mol. The number of piperidine rings is 1. The second kappa shape index (κ2) is 3.07. The molecule has 1 aliphatic carbocycles. The summed E-state index contributed by atoms with van der Waals surface area (Å²) in [6.45, 7) is 0.933. The van der Waals surface area contributed by atoms with Crippen LogP contribution in [0.2, 0.25) is 0 Å². The number of amides is 1. The fraction of sp³-hybridized carbons (Fsp3) is 0.417. The predicted molar refractivity (Wildman–Crippen MR) is 56.4 cm³/mol. The molecule has 15 heavy (non-hydrogen) atoms. The third-order valence-electron chi connectivity index (χ3n) is 3.55. The first-order valence-corrected chi connectivity index (χ1v) is 5.30. The average Bonchev–Trinajstić information content (AvgIpc) is 2.89. The number of aliphatic hydroxyl groups is 1. The number of carbonyl (C=O) groups excluding carboxylic acids is 1. The molecule has 3 heteroatoms. The fourth-order valence-corrected chi connectivity index (χ4v) is 2.63. The third kappa shape index (κ3) is 1.20. The summed E-state index contributed by atoms with van der Waals surface area (Å²) in [6, 6.07) is 9.74. The van der Waals surface area contributed by atoms with Gasteiger partial charge in [-0.25, -0.2) is 0 Å². The van der Waals surface area contributed by atoms with Crippen molar-refractivity contribution in [1.29, 1.82) is 0 Å². The maximum atomic E-state index is 11.9. The fourth-order valence-electron chi connectivity index (χ4n) is 2.63. The largest absolute Gasteiger partial charge is 0.396 e. The summed E-state index contributed by atoms with van der Waals surface area (Å²) in [5.74, 6) is 0.903. The molecular formula is C12H13NO2. The van der Waals surface area contributed by atoms with Gasteiger partial charge in [0, 0.05) is 24.8 Å². The summed E-state index contributed by atoms with van der Waals surface area (Å²) >= 11 is 0. The molecule has 1 amide bonds. The van der Waals surface area contributed by atoms with E-state index in [1.807, 2.05) is 35.2 Å². The molecule has 2 aliphatic rings. The van der Waals surface area contributed by atoms with Gasteiger partial charge in [-0.05, 0) is 24.0 Å². The average molecular weight is 203 g/mol. The molecule has 3 rings (SSSR count). The summed E-state index contributed by atoms with van der Waals surface area (Å²) in [7, 11) is 0. The number of rotatable bonds is 2. The monoisotopic (exact) mass is 203 g/mol. The molecule has 1 aliphatic heterocycles. The van der Waals surface area contributed by atoms with Crippen LogP contribution >= 0.6 is 0 Å². The molecule has 0 spiro atoms. The van der Waals surface area contributed by atoms with E-state index in [0.29, 0.717) is 5.92 Å². The Balaban J connectivity index is 1.81. The molecule has 0 bridgehead atoms. The predicted octanol–water partition coefficient (Wildman–Crippen LogP) is 0.888. The Kier molecular flexibility index (Phi) is 1.83. The van der Waals surface area contributed by atoms with Gasteiger partial charge in [0.25, 0.3) is 0 Å². The zero-order valence-electron chi connectivity index (χ0n) is 8.34. The Morgan fingerprint density at radius 2 is 2.07 bits per heavy atom. The quantitative estimate of drug-likeness (QED) is 0.775. The molecule has 0 radical (unpaired) electrons. The van der Waals surface area contributed by atoms with Gasteiger partial charge in [0.2, 0.25) is 5.91 Å². The van der Waals surface area contributed by atoms with Gasteiger partial charge in [-0.2, -0.15) is 0 Å². The van der Waals surface area contributed by atoms with Gasteiger partial charge >= 0.3 is 0 Å². The molecule has 1 heterocycles. The van der Waals surface area contributed by atoms with Crippen LogP contribution in [-0.4, -0.2) is 24.2 Å². The van der Waals surface area contributed by atoms with Gasteiger partial charge < -0.3 is 10.0 Å². The molecule has 3 atom stereocenters. The van der Waals surface area contributed by atoms with Crippen LogP contribution < -0.4 is 4.90 Å². The second-order valence-electron chi connectivity index (χ2n) is 4.32. The summed E-state index contributed by atoms with van der Waals surface area (Å²) < 4.78 is 0. The van der Waals surface area contributed by atoms with Crippen LogP contribution in [0, 0.1) is 17.8 Å². The van der Waals surface area contributed by atoms with Crippen LogP contribution in [0.4, 0.5) is 5.69 Å². The number of carbonyl (C=O) groups is 1. The Hall–Kier alpha value is -1.35. The molecule has 1 aromatic rings. The normalized spacial score (nSPS) is 33.0. The second-order valence-corrected chi connectivity index (χ2v) is 4.32. The van der Waals surface area contributed by atoms with E-state index in [0.717, 1.165) is 12.2 Å².